The van der Waals surface area contributed by atoms with E-state index in [1.54, 1.807) is 7.11 Å². The molecule has 0 amide bonds. The average molecular weight is 161 g/mol. The molecule has 0 bridgehead atoms. The third-order valence-electron chi connectivity index (χ3n) is 1.59. The fourth-order valence-corrected chi connectivity index (χ4v) is 0.623. The van der Waals surface area contributed by atoms with Crippen LogP contribution in [-0.4, -0.2) is 52.0 Å². The van der Waals surface area contributed by atoms with Crippen LogP contribution in [0.15, 0.2) is 0 Å². The molecule has 0 spiro atoms. The molecule has 0 atom stereocenters. The van der Waals surface area contributed by atoms with Gasteiger partial charge in [0.1, 0.15) is 0 Å². The number of likely N-dealkylation sites (N-methyl/N-ethyl adjacent to an activating group) is 1. The van der Waals surface area contributed by atoms with Crippen LogP contribution in [0.4, 0.5) is 0 Å². The van der Waals surface area contributed by atoms with Gasteiger partial charge in [-0.1, -0.05) is 6.92 Å². The number of nitrogens with zero attached hydrogens (tertiary/aromatic N) is 1. The van der Waals surface area contributed by atoms with Gasteiger partial charge in [0, 0.05) is 13.7 Å². The fraction of sp³-hybridized carbons (Fsp3) is 1.00. The van der Waals surface area contributed by atoms with Crippen LogP contribution >= 0.6 is 0 Å². The molecule has 3 nitrogen and oxygen atoms in total. The lowest BCUT2D eigenvalue weighted by molar-refractivity contribution is 0.0612. The summed E-state index contributed by atoms with van der Waals surface area (Å²) in [6.07, 6.45) is 0. The van der Waals surface area contributed by atoms with Crippen molar-refractivity contribution in [2.75, 3.05) is 47.1 Å². The van der Waals surface area contributed by atoms with E-state index in [-0.39, 0.29) is 0 Å². The number of hydrogen-bond acceptors (Lipinski definition) is 3. The predicted molar refractivity (Wildman–Crippen MR) is 45.9 cm³/mol. The number of methoxy groups -OCH3 is 1. The molecule has 0 N–H and O–H groups in total. The van der Waals surface area contributed by atoms with Crippen LogP contribution in [0.2, 0.25) is 0 Å². The highest BCUT2D eigenvalue weighted by Crippen LogP contribution is 1.82. The van der Waals surface area contributed by atoms with Gasteiger partial charge >= 0.3 is 0 Å². The van der Waals surface area contributed by atoms with Crippen LogP contribution in [0.3, 0.4) is 0 Å². The third kappa shape index (κ3) is 7.78. The van der Waals surface area contributed by atoms with Crippen molar-refractivity contribution in [1.82, 2.24) is 4.90 Å². The topological polar surface area (TPSA) is 21.7 Å². The van der Waals surface area contributed by atoms with E-state index in [1.807, 2.05) is 0 Å². The van der Waals surface area contributed by atoms with E-state index in [4.69, 9.17) is 9.47 Å². The Morgan fingerprint density at radius 3 is 2.45 bits per heavy atom. The zero-order valence-corrected chi connectivity index (χ0v) is 7.80. The van der Waals surface area contributed by atoms with Gasteiger partial charge in [-0.05, 0) is 13.6 Å². The van der Waals surface area contributed by atoms with Gasteiger partial charge in [-0.15, -0.1) is 0 Å². The maximum absolute atomic E-state index is 5.28. The summed E-state index contributed by atoms with van der Waals surface area (Å²) >= 11 is 0. The lowest BCUT2D eigenvalue weighted by atomic mass is 10.5. The predicted octanol–water partition coefficient (Wildman–Crippen LogP) is 0.601. The Kier molecular flexibility index (Phi) is 7.89. The molecule has 3 heteroatoms. The fourth-order valence-electron chi connectivity index (χ4n) is 0.623. The molecular weight excluding hydrogens is 142 g/mol. The summed E-state index contributed by atoms with van der Waals surface area (Å²) in [6.45, 7) is 6.40. The van der Waals surface area contributed by atoms with Crippen molar-refractivity contribution >= 4 is 0 Å². The average Bonchev–Trinajstić information content (AvgIpc) is 2.04. The summed E-state index contributed by atoms with van der Waals surface area (Å²) in [5.74, 6) is 0. The second-order valence-corrected chi connectivity index (χ2v) is 2.50. The molecule has 0 radical (unpaired) electrons. The molecule has 0 fully saturated rings. The van der Waals surface area contributed by atoms with Crippen molar-refractivity contribution in [3.63, 3.8) is 0 Å². The number of rotatable bonds is 7. The summed E-state index contributed by atoms with van der Waals surface area (Å²) in [7, 11) is 3.77. The summed E-state index contributed by atoms with van der Waals surface area (Å²) in [5, 5.41) is 0. The quantitative estimate of drug-likeness (QED) is 0.510. The van der Waals surface area contributed by atoms with Crippen molar-refractivity contribution in [3.05, 3.63) is 0 Å². The van der Waals surface area contributed by atoms with Crippen LogP contribution < -0.4 is 0 Å². The molecule has 0 rings (SSSR count). The van der Waals surface area contributed by atoms with Gasteiger partial charge in [-0.2, -0.15) is 0 Å². The van der Waals surface area contributed by atoms with E-state index >= 15 is 0 Å². The van der Waals surface area contributed by atoms with Crippen LogP contribution in [0.25, 0.3) is 0 Å². The van der Waals surface area contributed by atoms with E-state index in [2.05, 4.69) is 18.9 Å². The Balaban J connectivity index is 2.89. The van der Waals surface area contributed by atoms with Crippen LogP contribution in [0, 0.1) is 0 Å². The Morgan fingerprint density at radius 1 is 1.18 bits per heavy atom. The third-order valence-corrected chi connectivity index (χ3v) is 1.59. The number of hydrogen-bond donors (Lipinski definition) is 0. The van der Waals surface area contributed by atoms with Gasteiger partial charge in [0.2, 0.25) is 0 Å². The van der Waals surface area contributed by atoms with Gasteiger partial charge in [0.25, 0.3) is 0 Å². The Morgan fingerprint density at radius 2 is 1.91 bits per heavy atom. The molecule has 0 aromatic carbocycles. The van der Waals surface area contributed by atoms with E-state index in [9.17, 15) is 0 Å². The normalized spacial score (nSPS) is 10.9. The first kappa shape index (κ1) is 10.9. The summed E-state index contributed by atoms with van der Waals surface area (Å²) in [6, 6.07) is 0. The minimum atomic E-state index is 0.690. The molecular formula is C8H19NO2. The van der Waals surface area contributed by atoms with Crippen molar-refractivity contribution in [1.29, 1.82) is 0 Å². The van der Waals surface area contributed by atoms with Crippen LogP contribution in [0.5, 0.6) is 0 Å². The van der Waals surface area contributed by atoms with Crippen molar-refractivity contribution < 1.29 is 9.47 Å². The van der Waals surface area contributed by atoms with E-state index in [1.165, 1.54) is 0 Å². The van der Waals surface area contributed by atoms with Crippen molar-refractivity contribution in [2.24, 2.45) is 0 Å². The highest BCUT2D eigenvalue weighted by atomic mass is 16.5. The van der Waals surface area contributed by atoms with Gasteiger partial charge in [-0.3, -0.25) is 0 Å². The SMILES string of the molecule is CCN(C)CCOCCOC. The molecule has 0 aliphatic rings. The summed E-state index contributed by atoms with van der Waals surface area (Å²) in [5.41, 5.74) is 0. The Bertz CT molecular complexity index is 78.5. The highest BCUT2D eigenvalue weighted by molar-refractivity contribution is 4.44. The van der Waals surface area contributed by atoms with Crippen molar-refractivity contribution in [2.45, 2.75) is 6.92 Å². The first-order valence-electron chi connectivity index (χ1n) is 4.06. The highest BCUT2D eigenvalue weighted by Gasteiger charge is 1.92. The molecule has 0 aromatic heterocycles. The molecule has 0 aliphatic carbocycles. The first-order valence-corrected chi connectivity index (χ1v) is 4.06. The Labute approximate surface area is 69.3 Å². The summed E-state index contributed by atoms with van der Waals surface area (Å²) in [4.78, 5) is 2.22. The minimum Gasteiger partial charge on any atom is -0.382 e. The first-order chi connectivity index (χ1) is 5.31. The van der Waals surface area contributed by atoms with E-state index in [0.717, 1.165) is 19.7 Å². The molecule has 68 valence electrons. The maximum Gasteiger partial charge on any atom is 0.0700 e. The van der Waals surface area contributed by atoms with Gasteiger partial charge in [0.15, 0.2) is 0 Å². The lowest BCUT2D eigenvalue weighted by Gasteiger charge is -2.13. The second-order valence-electron chi connectivity index (χ2n) is 2.50. The summed E-state index contributed by atoms with van der Waals surface area (Å²) < 4.78 is 10.1. The van der Waals surface area contributed by atoms with Crippen LogP contribution in [0.1, 0.15) is 6.92 Å². The van der Waals surface area contributed by atoms with E-state index in [0.29, 0.717) is 13.2 Å². The van der Waals surface area contributed by atoms with Gasteiger partial charge in [0.05, 0.1) is 19.8 Å². The van der Waals surface area contributed by atoms with Gasteiger partial charge in [-0.25, -0.2) is 0 Å². The minimum absolute atomic E-state index is 0.690. The zero-order chi connectivity index (χ0) is 8.53. The smallest absolute Gasteiger partial charge is 0.0700 e. The molecule has 0 heterocycles. The Hall–Kier alpha value is -0.120. The standard InChI is InChI=1S/C8H19NO2/c1-4-9(2)5-6-11-8-7-10-3/h4-8H2,1-3H3. The van der Waals surface area contributed by atoms with Crippen LogP contribution in [-0.2, 0) is 9.47 Å². The molecule has 11 heavy (non-hydrogen) atoms. The largest absolute Gasteiger partial charge is 0.382 e. The molecule has 0 aromatic rings. The lowest BCUT2D eigenvalue weighted by Crippen LogP contribution is -2.23. The van der Waals surface area contributed by atoms with E-state index < -0.39 is 0 Å². The van der Waals surface area contributed by atoms with Crippen molar-refractivity contribution in [3.8, 4) is 0 Å². The molecule has 0 aliphatic heterocycles. The molecule has 0 unspecified atom stereocenters. The monoisotopic (exact) mass is 161 g/mol. The molecule has 0 saturated carbocycles. The maximum atomic E-state index is 5.28. The van der Waals surface area contributed by atoms with Gasteiger partial charge < -0.3 is 14.4 Å². The number of ether oxygens (including phenoxy) is 2. The second kappa shape index (κ2) is 7.98. The molecule has 0 saturated heterocycles. The zero-order valence-electron chi connectivity index (χ0n) is 7.80.